The second-order valence-corrected chi connectivity index (χ2v) is 12.3. The summed E-state index contributed by atoms with van der Waals surface area (Å²) in [5.74, 6) is -0.870. The third kappa shape index (κ3) is 12.7. The fourth-order valence-corrected chi connectivity index (χ4v) is 4.35. The molecule has 43 heavy (non-hydrogen) atoms. The van der Waals surface area contributed by atoms with Gasteiger partial charge < -0.3 is 39.2 Å². The molecule has 1 unspecified atom stereocenters. The minimum atomic E-state index is -0.901. The summed E-state index contributed by atoms with van der Waals surface area (Å²) in [7, 11) is 2.50. The molecule has 0 spiro atoms. The van der Waals surface area contributed by atoms with E-state index in [1.54, 1.807) is 39.0 Å². The summed E-state index contributed by atoms with van der Waals surface area (Å²) < 4.78 is 20.2. The van der Waals surface area contributed by atoms with Crippen LogP contribution >= 0.6 is 15.9 Å². The zero-order valence-corrected chi connectivity index (χ0v) is 27.7. The molecule has 0 aromatic heterocycles. The van der Waals surface area contributed by atoms with Gasteiger partial charge >= 0.3 is 24.1 Å². The molecule has 2 rings (SSSR count). The van der Waals surface area contributed by atoms with E-state index in [1.165, 1.54) is 24.0 Å². The standard InChI is InChI=1S/C22H30N2O8.C7H14BrNO2/c1-22(2,3)32-21(28)23-10-11-31-15-6-7-16-14(12-15)13-24(19(16)26)17(20(27)30-5)8-9-18(25)29-4;1-7(2,3)9(5-4-8)6(10)11/h6-7,12,17H,8-11,13H2,1-5H3,(H,23,28);4-5H2,1-3H3,(H,10,11). The van der Waals surface area contributed by atoms with Gasteiger partial charge in [0.2, 0.25) is 0 Å². The molecule has 242 valence electrons. The number of hydrogen-bond acceptors (Lipinski definition) is 9. The first-order valence-electron chi connectivity index (χ1n) is 13.7. The predicted octanol–water partition coefficient (Wildman–Crippen LogP) is 4.20. The number of alkyl halides is 1. The van der Waals surface area contributed by atoms with Gasteiger partial charge in [-0.1, -0.05) is 15.9 Å². The highest BCUT2D eigenvalue weighted by atomic mass is 79.9. The largest absolute Gasteiger partial charge is 0.492 e. The molecule has 13 nitrogen and oxygen atoms in total. The van der Waals surface area contributed by atoms with Gasteiger partial charge in [0.25, 0.3) is 5.91 Å². The van der Waals surface area contributed by atoms with Crippen molar-refractivity contribution >= 4 is 46.0 Å². The number of methoxy groups -OCH3 is 2. The molecule has 0 aliphatic carbocycles. The van der Waals surface area contributed by atoms with Crippen LogP contribution in [0.2, 0.25) is 0 Å². The number of carbonyl (C=O) groups is 5. The molecule has 1 heterocycles. The minimum Gasteiger partial charge on any atom is -0.492 e. The Bertz CT molecular complexity index is 1130. The zero-order chi connectivity index (χ0) is 33.0. The first-order chi connectivity index (χ1) is 19.9. The van der Waals surface area contributed by atoms with E-state index < -0.39 is 35.8 Å². The van der Waals surface area contributed by atoms with Crippen molar-refractivity contribution in [1.29, 1.82) is 0 Å². The van der Waals surface area contributed by atoms with Crippen molar-refractivity contribution in [3.63, 3.8) is 0 Å². The maximum absolute atomic E-state index is 12.8. The van der Waals surface area contributed by atoms with Crippen LogP contribution in [-0.2, 0) is 30.3 Å². The number of amides is 3. The van der Waals surface area contributed by atoms with Crippen LogP contribution < -0.4 is 10.1 Å². The maximum Gasteiger partial charge on any atom is 0.407 e. The number of halogens is 1. The average molecular weight is 675 g/mol. The fraction of sp³-hybridized carbons (Fsp3) is 0.621. The SMILES string of the molecule is CC(C)(C)N(CCBr)C(=O)O.COC(=O)CCC(C(=O)OC)N1Cc2cc(OCCNC(=O)OC(C)(C)C)ccc2C1=O. The molecule has 1 aromatic rings. The third-order valence-electron chi connectivity index (χ3n) is 6.00. The Morgan fingerprint density at radius 3 is 2.23 bits per heavy atom. The smallest absolute Gasteiger partial charge is 0.407 e. The highest BCUT2D eigenvalue weighted by molar-refractivity contribution is 9.09. The number of nitrogens with one attached hydrogen (secondary N) is 1. The highest BCUT2D eigenvalue weighted by Crippen LogP contribution is 2.29. The number of hydrogen-bond donors (Lipinski definition) is 2. The second-order valence-electron chi connectivity index (χ2n) is 11.5. The zero-order valence-electron chi connectivity index (χ0n) is 26.2. The third-order valence-corrected chi connectivity index (χ3v) is 6.35. The van der Waals surface area contributed by atoms with Gasteiger partial charge in [-0.15, -0.1) is 0 Å². The molecule has 3 amide bonds. The van der Waals surface area contributed by atoms with Crippen LogP contribution in [0, 0.1) is 0 Å². The lowest BCUT2D eigenvalue weighted by Gasteiger charge is -2.32. The molecule has 1 aliphatic rings. The molecule has 1 aromatic carbocycles. The van der Waals surface area contributed by atoms with Gasteiger partial charge in [0.1, 0.15) is 24.0 Å². The van der Waals surface area contributed by atoms with Gasteiger partial charge in [0, 0.05) is 35.9 Å². The van der Waals surface area contributed by atoms with E-state index in [1.807, 2.05) is 20.8 Å². The molecule has 14 heteroatoms. The van der Waals surface area contributed by atoms with Crippen LogP contribution in [0.15, 0.2) is 18.2 Å². The predicted molar refractivity (Wildman–Crippen MR) is 161 cm³/mol. The number of ether oxygens (including phenoxy) is 4. The molecule has 1 atom stereocenters. The van der Waals surface area contributed by atoms with Gasteiger partial charge in [-0.3, -0.25) is 9.59 Å². The first-order valence-corrected chi connectivity index (χ1v) is 14.8. The van der Waals surface area contributed by atoms with E-state index in [9.17, 15) is 24.0 Å². The average Bonchev–Trinajstić information content (AvgIpc) is 3.23. The highest BCUT2D eigenvalue weighted by Gasteiger charge is 2.37. The Hall–Kier alpha value is -3.55. The summed E-state index contributed by atoms with van der Waals surface area (Å²) in [6, 6.07) is 4.09. The van der Waals surface area contributed by atoms with Gasteiger partial charge in [-0.2, -0.15) is 0 Å². The molecular formula is C29H44BrN3O10. The minimum absolute atomic E-state index is 0.0185. The van der Waals surface area contributed by atoms with Crippen LogP contribution in [0.1, 0.15) is 70.3 Å². The summed E-state index contributed by atoms with van der Waals surface area (Å²) in [6.45, 7) is 12.1. The number of nitrogens with zero attached hydrogens (tertiary/aromatic N) is 2. The molecule has 0 saturated heterocycles. The summed E-state index contributed by atoms with van der Waals surface area (Å²) in [4.78, 5) is 61.7. The van der Waals surface area contributed by atoms with E-state index in [4.69, 9.17) is 19.3 Å². The molecule has 0 fully saturated rings. The molecule has 1 aliphatic heterocycles. The quantitative estimate of drug-likeness (QED) is 0.151. The van der Waals surface area contributed by atoms with Crippen molar-refractivity contribution in [2.75, 3.05) is 39.2 Å². The topological polar surface area (TPSA) is 161 Å². The lowest BCUT2D eigenvalue weighted by Crippen LogP contribution is -2.45. The van der Waals surface area contributed by atoms with Gasteiger partial charge in [0.05, 0.1) is 20.8 Å². The number of esters is 2. The molecular weight excluding hydrogens is 630 g/mol. The van der Waals surface area contributed by atoms with E-state index in [-0.39, 0.29) is 44.0 Å². The summed E-state index contributed by atoms with van der Waals surface area (Å²) in [5.41, 5.74) is 0.262. The molecule has 0 radical (unpaired) electrons. The Labute approximate surface area is 261 Å². The second kappa shape index (κ2) is 16.9. The lowest BCUT2D eigenvalue weighted by atomic mass is 10.1. The Balaban J connectivity index is 0.000000712. The number of alkyl carbamates (subject to hydrolysis) is 1. The molecule has 2 N–H and O–H groups in total. The summed E-state index contributed by atoms with van der Waals surface area (Å²) in [6.07, 6.45) is -1.32. The Kier molecular flexibility index (Phi) is 14.7. The number of benzene rings is 1. The monoisotopic (exact) mass is 673 g/mol. The molecule has 0 bridgehead atoms. The Morgan fingerprint density at radius 1 is 1.09 bits per heavy atom. The lowest BCUT2D eigenvalue weighted by molar-refractivity contribution is -0.147. The van der Waals surface area contributed by atoms with Crippen LogP contribution in [0.25, 0.3) is 0 Å². The van der Waals surface area contributed by atoms with E-state index in [2.05, 4.69) is 26.0 Å². The van der Waals surface area contributed by atoms with Crippen molar-refractivity contribution < 1.29 is 48.0 Å². The Morgan fingerprint density at radius 2 is 1.74 bits per heavy atom. The van der Waals surface area contributed by atoms with Crippen LogP contribution in [0.4, 0.5) is 9.59 Å². The van der Waals surface area contributed by atoms with E-state index in [0.717, 1.165) is 0 Å². The maximum atomic E-state index is 12.8. The van der Waals surface area contributed by atoms with E-state index in [0.29, 0.717) is 28.8 Å². The van der Waals surface area contributed by atoms with Gasteiger partial charge in [-0.25, -0.2) is 14.4 Å². The summed E-state index contributed by atoms with van der Waals surface area (Å²) in [5, 5.41) is 12.0. The summed E-state index contributed by atoms with van der Waals surface area (Å²) >= 11 is 3.21. The van der Waals surface area contributed by atoms with Crippen LogP contribution in [-0.4, -0.2) is 101 Å². The van der Waals surface area contributed by atoms with Crippen LogP contribution in [0.3, 0.4) is 0 Å². The van der Waals surface area contributed by atoms with E-state index >= 15 is 0 Å². The number of rotatable bonds is 11. The normalized spacial score (nSPS) is 13.1. The van der Waals surface area contributed by atoms with Crippen molar-refractivity contribution in [2.24, 2.45) is 0 Å². The van der Waals surface area contributed by atoms with Gasteiger partial charge in [0.15, 0.2) is 0 Å². The number of fused-ring (bicyclic) bond motifs is 1. The number of carboxylic acid groups (broad SMARTS) is 1. The van der Waals surface area contributed by atoms with Gasteiger partial charge in [-0.05, 0) is 71.7 Å². The van der Waals surface area contributed by atoms with Crippen LogP contribution in [0.5, 0.6) is 5.75 Å². The number of carbonyl (C=O) groups excluding carboxylic acids is 4. The van der Waals surface area contributed by atoms with Crippen molar-refractivity contribution in [3.05, 3.63) is 29.3 Å². The van der Waals surface area contributed by atoms with Crippen molar-refractivity contribution in [2.45, 2.75) is 78.1 Å². The first kappa shape index (κ1) is 37.5. The fourth-order valence-electron chi connectivity index (χ4n) is 3.99. The van der Waals surface area contributed by atoms with Crippen molar-refractivity contribution in [1.82, 2.24) is 15.1 Å². The van der Waals surface area contributed by atoms with Crippen molar-refractivity contribution in [3.8, 4) is 5.75 Å². The molecule has 0 saturated carbocycles.